The van der Waals surface area contributed by atoms with E-state index in [1.165, 1.54) is 12.3 Å². The number of nitro groups is 1. The van der Waals surface area contributed by atoms with E-state index in [-0.39, 0.29) is 5.82 Å². The number of aromatic nitrogens is 1. The molecule has 0 bridgehead atoms. The van der Waals surface area contributed by atoms with Gasteiger partial charge in [-0.3, -0.25) is 0 Å². The Morgan fingerprint density at radius 1 is 1.44 bits per heavy atom. The molecule has 90 valence electrons. The molecule has 1 aliphatic carbocycles. The average molecular weight is 262 g/mol. The second-order valence-corrected chi connectivity index (χ2v) is 4.24. The van der Waals surface area contributed by atoms with Gasteiger partial charge in [-0.05, 0) is 34.9 Å². The van der Waals surface area contributed by atoms with E-state index in [2.05, 4.69) is 11.1 Å². The summed E-state index contributed by atoms with van der Waals surface area (Å²) in [5.41, 5.74) is 1.97. The average Bonchev–Trinajstić information content (AvgIpc) is 2.39. The van der Waals surface area contributed by atoms with Crippen LogP contribution in [0.1, 0.15) is 18.4 Å². The molecule has 0 N–H and O–H groups in total. The van der Waals surface area contributed by atoms with Gasteiger partial charge in [-0.15, -0.1) is 0 Å². The molecule has 0 amide bonds. The van der Waals surface area contributed by atoms with Crippen LogP contribution >= 0.6 is 11.6 Å². The molecule has 0 aliphatic heterocycles. The van der Waals surface area contributed by atoms with Crippen molar-refractivity contribution in [1.82, 2.24) is 4.98 Å². The smallest absolute Gasteiger partial charge is 0.358 e. The Morgan fingerprint density at radius 2 is 2.22 bits per heavy atom. The summed E-state index contributed by atoms with van der Waals surface area (Å²) in [5.74, 6) is -0.219. The van der Waals surface area contributed by atoms with E-state index in [9.17, 15) is 10.1 Å². The third-order valence-electron chi connectivity index (χ3n) is 2.62. The minimum Gasteiger partial charge on any atom is -0.358 e. The Labute approximate surface area is 108 Å². The van der Waals surface area contributed by atoms with Crippen LogP contribution in [0.25, 0.3) is 5.57 Å². The molecule has 1 aromatic heterocycles. The Kier molecular flexibility index (Phi) is 3.40. The molecule has 0 fully saturated rings. The largest absolute Gasteiger partial charge is 0.363 e. The van der Waals surface area contributed by atoms with Crippen molar-refractivity contribution in [2.75, 3.05) is 0 Å². The number of halogens is 1. The third kappa shape index (κ3) is 2.39. The van der Waals surface area contributed by atoms with E-state index >= 15 is 0 Å². The number of rotatable bonds is 2. The molecular weight excluding hydrogens is 254 g/mol. The molecule has 18 heavy (non-hydrogen) atoms. The first kappa shape index (κ1) is 12.3. The summed E-state index contributed by atoms with van der Waals surface area (Å²) in [6, 6.07) is 5.01. The number of nitrogens with zero attached hydrogens (tertiary/aromatic N) is 3. The molecule has 0 saturated carbocycles. The summed E-state index contributed by atoms with van der Waals surface area (Å²) in [4.78, 5) is 13.7. The van der Waals surface area contributed by atoms with Gasteiger partial charge in [0.1, 0.15) is 6.20 Å². The minimum atomic E-state index is -0.562. The molecule has 0 atom stereocenters. The molecule has 1 aliphatic rings. The van der Waals surface area contributed by atoms with Crippen molar-refractivity contribution in [3.05, 3.63) is 50.7 Å². The maximum absolute atomic E-state index is 10.5. The van der Waals surface area contributed by atoms with Crippen molar-refractivity contribution in [2.24, 2.45) is 0 Å². The first-order valence-corrected chi connectivity index (χ1v) is 5.59. The highest BCUT2D eigenvalue weighted by molar-refractivity contribution is 6.30. The topological polar surface area (TPSA) is 79.8 Å². The van der Waals surface area contributed by atoms with Crippen molar-refractivity contribution in [1.29, 1.82) is 5.26 Å². The number of hydrogen-bond acceptors (Lipinski definition) is 4. The Balaban J connectivity index is 2.45. The van der Waals surface area contributed by atoms with E-state index in [4.69, 9.17) is 16.9 Å². The summed E-state index contributed by atoms with van der Waals surface area (Å²) < 4.78 is 0. The number of pyridine rings is 1. The highest BCUT2D eigenvalue weighted by atomic mass is 35.5. The fourth-order valence-electron chi connectivity index (χ4n) is 1.72. The number of allylic oxidation sites excluding steroid dienone is 4. The fourth-order valence-corrected chi connectivity index (χ4v) is 1.93. The fraction of sp³-hybridized carbons (Fsp3) is 0.167. The van der Waals surface area contributed by atoms with E-state index in [1.807, 2.05) is 0 Å². The summed E-state index contributed by atoms with van der Waals surface area (Å²) in [6.07, 6.45) is 4.33. The highest BCUT2D eigenvalue weighted by Crippen LogP contribution is 2.32. The van der Waals surface area contributed by atoms with Gasteiger partial charge in [0.25, 0.3) is 0 Å². The maximum Gasteiger partial charge on any atom is 0.363 e. The van der Waals surface area contributed by atoms with Crippen LogP contribution in [0.4, 0.5) is 5.82 Å². The van der Waals surface area contributed by atoms with Crippen molar-refractivity contribution >= 4 is 23.0 Å². The molecule has 2 rings (SSSR count). The molecule has 0 unspecified atom stereocenters. The quantitative estimate of drug-likeness (QED) is 0.605. The third-order valence-corrected chi connectivity index (χ3v) is 2.92. The second-order valence-electron chi connectivity index (χ2n) is 3.76. The van der Waals surface area contributed by atoms with E-state index in [1.54, 1.807) is 12.1 Å². The van der Waals surface area contributed by atoms with Gasteiger partial charge in [0, 0.05) is 27.8 Å². The molecule has 0 radical (unpaired) electrons. The van der Waals surface area contributed by atoms with Crippen LogP contribution in [0.3, 0.4) is 0 Å². The Morgan fingerprint density at radius 3 is 2.78 bits per heavy atom. The van der Waals surface area contributed by atoms with Crippen molar-refractivity contribution < 1.29 is 4.92 Å². The predicted molar refractivity (Wildman–Crippen MR) is 66.6 cm³/mol. The molecule has 0 spiro atoms. The van der Waals surface area contributed by atoms with E-state index in [0.29, 0.717) is 34.6 Å². The zero-order valence-corrected chi connectivity index (χ0v) is 10.0. The molecule has 1 aromatic rings. The molecule has 0 saturated heterocycles. The van der Waals surface area contributed by atoms with E-state index in [0.717, 1.165) is 0 Å². The lowest BCUT2D eigenvalue weighted by Crippen LogP contribution is -1.97. The standard InChI is InChI=1S/C12H8ClN3O2/c13-10-3-1-8(6-14)11(5-10)9-2-4-12(15-7-9)16(17)18/h2,4-5,7H,1,3H2. The lowest BCUT2D eigenvalue weighted by atomic mass is 9.94. The zero-order valence-electron chi connectivity index (χ0n) is 9.26. The van der Waals surface area contributed by atoms with Crippen LogP contribution in [0.2, 0.25) is 0 Å². The predicted octanol–water partition coefficient (Wildman–Crippen LogP) is 3.18. The van der Waals surface area contributed by atoms with Gasteiger partial charge in [-0.25, -0.2) is 0 Å². The normalized spacial score (nSPS) is 15.0. The van der Waals surface area contributed by atoms with Crippen LogP contribution in [-0.2, 0) is 0 Å². The highest BCUT2D eigenvalue weighted by Gasteiger charge is 2.16. The Bertz CT molecular complexity index is 597. The summed E-state index contributed by atoms with van der Waals surface area (Å²) in [7, 11) is 0. The second kappa shape index (κ2) is 4.98. The first-order valence-electron chi connectivity index (χ1n) is 5.22. The minimum absolute atomic E-state index is 0.219. The van der Waals surface area contributed by atoms with Gasteiger partial charge in [-0.1, -0.05) is 11.6 Å². The first-order chi connectivity index (χ1) is 8.61. The molecule has 5 nitrogen and oxygen atoms in total. The summed E-state index contributed by atoms with van der Waals surface area (Å²) >= 11 is 5.95. The van der Waals surface area contributed by atoms with Gasteiger partial charge < -0.3 is 10.1 Å². The van der Waals surface area contributed by atoms with Gasteiger partial charge in [0.15, 0.2) is 0 Å². The molecule has 0 aromatic carbocycles. The number of hydrogen-bond donors (Lipinski definition) is 0. The van der Waals surface area contributed by atoms with Crippen LogP contribution in [0, 0.1) is 21.4 Å². The Hall–Kier alpha value is -2.19. The maximum atomic E-state index is 10.5. The van der Waals surface area contributed by atoms with Gasteiger partial charge in [0.05, 0.1) is 6.07 Å². The molecule has 6 heteroatoms. The zero-order chi connectivity index (χ0) is 13.1. The SMILES string of the molecule is N#CC1=C(c2ccc([N+](=O)[O-])nc2)C=C(Cl)CC1. The van der Waals surface area contributed by atoms with Crippen LogP contribution in [0.15, 0.2) is 35.0 Å². The van der Waals surface area contributed by atoms with Gasteiger partial charge in [0.2, 0.25) is 0 Å². The van der Waals surface area contributed by atoms with Gasteiger partial charge >= 0.3 is 5.82 Å². The van der Waals surface area contributed by atoms with Crippen molar-refractivity contribution in [3.8, 4) is 6.07 Å². The lowest BCUT2D eigenvalue weighted by molar-refractivity contribution is -0.389. The lowest BCUT2D eigenvalue weighted by Gasteiger charge is -2.11. The van der Waals surface area contributed by atoms with Crippen LogP contribution < -0.4 is 0 Å². The number of nitriles is 1. The van der Waals surface area contributed by atoms with Crippen molar-refractivity contribution in [2.45, 2.75) is 12.8 Å². The summed E-state index contributed by atoms with van der Waals surface area (Å²) in [6.45, 7) is 0. The molecular formula is C12H8ClN3O2. The summed E-state index contributed by atoms with van der Waals surface area (Å²) in [5, 5.41) is 20.2. The monoisotopic (exact) mass is 261 g/mol. The van der Waals surface area contributed by atoms with Crippen LogP contribution in [-0.4, -0.2) is 9.91 Å². The molecule has 1 heterocycles. The van der Waals surface area contributed by atoms with Gasteiger partial charge in [-0.2, -0.15) is 5.26 Å². The van der Waals surface area contributed by atoms with E-state index < -0.39 is 4.92 Å². The van der Waals surface area contributed by atoms with Crippen LogP contribution in [0.5, 0.6) is 0 Å². The van der Waals surface area contributed by atoms with Crippen molar-refractivity contribution in [3.63, 3.8) is 0 Å².